The van der Waals surface area contributed by atoms with E-state index >= 15 is 0 Å². The molecule has 272 valence electrons. The Balaban J connectivity index is 1.16. The standard InChI is InChI=1S/C38H44N8O6/c1-23(2)34(45-38(50)52-5)36(48)46-22-24(3)18-31(46)35-40-20-30(44-35)27-14-11-25(12-15-27)9-10-26-13-16-28-29(19-26)43-32(42-28)8-6-7-17-39-33(47)21-41-37(49)51-4/h11-16,18-20,23,31,34H,6-8,17,21-22H2,1-5H3,(H,39,47)(H,40,44)(H,41,49)(H,42,43)(H,45,50). The van der Waals surface area contributed by atoms with E-state index < -0.39 is 18.2 Å². The molecule has 14 nitrogen and oxygen atoms in total. The van der Waals surface area contributed by atoms with Gasteiger partial charge in [-0.1, -0.05) is 49.5 Å². The van der Waals surface area contributed by atoms with Crippen LogP contribution in [0, 0.1) is 17.8 Å². The third kappa shape index (κ3) is 9.57. The molecular formula is C38H44N8O6. The number of ether oxygens (including phenoxy) is 2. The molecule has 2 unspecified atom stereocenters. The zero-order valence-corrected chi connectivity index (χ0v) is 30.0. The Morgan fingerprint density at radius 1 is 0.962 bits per heavy atom. The second kappa shape index (κ2) is 17.2. The van der Waals surface area contributed by atoms with E-state index in [9.17, 15) is 19.2 Å². The van der Waals surface area contributed by atoms with Gasteiger partial charge < -0.3 is 40.3 Å². The average molecular weight is 709 g/mol. The summed E-state index contributed by atoms with van der Waals surface area (Å²) >= 11 is 0. The van der Waals surface area contributed by atoms with Crippen LogP contribution >= 0.6 is 0 Å². The Kier molecular flexibility index (Phi) is 12.3. The van der Waals surface area contributed by atoms with Crippen molar-refractivity contribution in [3.8, 4) is 23.1 Å². The quantitative estimate of drug-likeness (QED) is 0.0817. The summed E-state index contributed by atoms with van der Waals surface area (Å²) in [5, 5.41) is 7.78. The molecule has 0 fully saturated rings. The van der Waals surface area contributed by atoms with Crippen LogP contribution in [-0.2, 0) is 25.5 Å². The van der Waals surface area contributed by atoms with Crippen LogP contribution in [-0.4, -0.2) is 88.7 Å². The number of fused-ring (bicyclic) bond motifs is 1. The van der Waals surface area contributed by atoms with Gasteiger partial charge in [0.2, 0.25) is 11.8 Å². The third-order valence-electron chi connectivity index (χ3n) is 8.57. The Morgan fingerprint density at radius 3 is 2.42 bits per heavy atom. The van der Waals surface area contributed by atoms with Crippen LogP contribution in [0.25, 0.3) is 22.3 Å². The second-order valence-corrected chi connectivity index (χ2v) is 12.9. The molecule has 2 aromatic carbocycles. The SMILES string of the molecule is COC(=O)NCC(=O)NCCCCc1nc2ccc(C#Cc3ccc(-c4cnc(C5C=C(C)CN5C(=O)C(NC(=O)OC)C(C)C)[nH]4)cc3)cc2[nH]1. The molecule has 5 N–H and O–H groups in total. The van der Waals surface area contributed by atoms with Gasteiger partial charge in [-0.05, 0) is 61.6 Å². The zero-order valence-electron chi connectivity index (χ0n) is 30.0. The van der Waals surface area contributed by atoms with Crippen LogP contribution in [0.1, 0.15) is 62.4 Å². The summed E-state index contributed by atoms with van der Waals surface area (Å²) in [6, 6.07) is 12.6. The van der Waals surface area contributed by atoms with Crippen molar-refractivity contribution < 1.29 is 28.7 Å². The summed E-state index contributed by atoms with van der Waals surface area (Å²) in [7, 11) is 2.52. The number of aromatic amines is 2. The number of rotatable bonds is 12. The molecular weight excluding hydrogens is 664 g/mol. The minimum Gasteiger partial charge on any atom is -0.453 e. The lowest BCUT2D eigenvalue weighted by molar-refractivity contribution is -0.135. The molecule has 2 atom stereocenters. The normalized spacial score (nSPS) is 14.3. The number of hydrogen-bond donors (Lipinski definition) is 5. The number of amides is 4. The summed E-state index contributed by atoms with van der Waals surface area (Å²) in [5.74, 6) is 7.37. The number of aryl methyl sites for hydroxylation is 1. The van der Waals surface area contributed by atoms with Crippen LogP contribution in [0.3, 0.4) is 0 Å². The van der Waals surface area contributed by atoms with Crippen molar-refractivity contribution in [1.29, 1.82) is 0 Å². The number of benzene rings is 2. The average Bonchev–Trinajstić information content (AvgIpc) is 3.89. The van der Waals surface area contributed by atoms with Gasteiger partial charge in [0, 0.05) is 30.6 Å². The Bertz CT molecular complexity index is 2000. The number of H-pyrrole nitrogens is 2. The maximum atomic E-state index is 13.6. The van der Waals surface area contributed by atoms with Crippen molar-refractivity contribution in [2.45, 2.75) is 52.1 Å². The highest BCUT2D eigenvalue weighted by Gasteiger charge is 2.36. The van der Waals surface area contributed by atoms with E-state index in [0.717, 1.165) is 64.1 Å². The summed E-state index contributed by atoms with van der Waals surface area (Å²) in [5.41, 5.74) is 6.25. The molecule has 2 aromatic heterocycles. The maximum absolute atomic E-state index is 13.6. The van der Waals surface area contributed by atoms with Gasteiger partial charge in [-0.15, -0.1) is 0 Å². The van der Waals surface area contributed by atoms with E-state index in [-0.39, 0.29) is 30.3 Å². The first-order chi connectivity index (χ1) is 25.0. The molecule has 0 spiro atoms. The first-order valence-corrected chi connectivity index (χ1v) is 17.1. The molecule has 1 aliphatic rings. The Labute approximate surface area is 302 Å². The van der Waals surface area contributed by atoms with Gasteiger partial charge in [0.05, 0.1) is 43.7 Å². The van der Waals surface area contributed by atoms with Crippen molar-refractivity contribution in [2.75, 3.05) is 33.9 Å². The van der Waals surface area contributed by atoms with E-state index in [1.165, 1.54) is 14.2 Å². The fourth-order valence-electron chi connectivity index (χ4n) is 5.80. The summed E-state index contributed by atoms with van der Waals surface area (Å²) in [4.78, 5) is 66.1. The number of carbonyl (C=O) groups is 4. The number of nitrogens with zero attached hydrogens (tertiary/aromatic N) is 3. The number of aromatic nitrogens is 4. The third-order valence-corrected chi connectivity index (χ3v) is 8.57. The van der Waals surface area contributed by atoms with E-state index in [1.54, 1.807) is 11.1 Å². The molecule has 0 radical (unpaired) electrons. The highest BCUT2D eigenvalue weighted by atomic mass is 16.5. The molecule has 1 aliphatic heterocycles. The van der Waals surface area contributed by atoms with E-state index in [4.69, 9.17) is 4.74 Å². The van der Waals surface area contributed by atoms with Crippen LogP contribution < -0.4 is 16.0 Å². The maximum Gasteiger partial charge on any atom is 0.407 e. The smallest absolute Gasteiger partial charge is 0.407 e. The summed E-state index contributed by atoms with van der Waals surface area (Å²) in [6.45, 7) is 6.55. The highest BCUT2D eigenvalue weighted by molar-refractivity contribution is 5.87. The van der Waals surface area contributed by atoms with Gasteiger partial charge in [-0.3, -0.25) is 9.59 Å². The topological polar surface area (TPSA) is 183 Å². The van der Waals surface area contributed by atoms with Crippen molar-refractivity contribution in [3.63, 3.8) is 0 Å². The first kappa shape index (κ1) is 37.2. The van der Waals surface area contributed by atoms with Gasteiger partial charge in [-0.25, -0.2) is 19.6 Å². The predicted molar refractivity (Wildman–Crippen MR) is 195 cm³/mol. The molecule has 0 saturated heterocycles. The van der Waals surface area contributed by atoms with Crippen LogP contribution in [0.5, 0.6) is 0 Å². The van der Waals surface area contributed by atoms with Crippen LogP contribution in [0.4, 0.5) is 9.59 Å². The van der Waals surface area contributed by atoms with Crippen molar-refractivity contribution in [1.82, 2.24) is 40.8 Å². The zero-order chi connectivity index (χ0) is 37.2. The molecule has 3 heterocycles. The molecule has 4 amide bonds. The molecule has 5 rings (SSSR count). The number of hydrogen-bond acceptors (Lipinski definition) is 8. The summed E-state index contributed by atoms with van der Waals surface area (Å²) in [6.07, 6.45) is 4.81. The lowest BCUT2D eigenvalue weighted by atomic mass is 10.0. The number of unbranched alkanes of at least 4 members (excludes halogenated alkanes) is 1. The molecule has 52 heavy (non-hydrogen) atoms. The molecule has 0 saturated carbocycles. The number of nitrogens with one attached hydrogen (secondary N) is 5. The number of imidazole rings is 2. The van der Waals surface area contributed by atoms with E-state index in [1.807, 2.05) is 69.3 Å². The minimum absolute atomic E-state index is 0.123. The highest BCUT2D eigenvalue weighted by Crippen LogP contribution is 2.31. The number of alkyl carbamates (subject to hydrolysis) is 2. The van der Waals surface area contributed by atoms with Crippen molar-refractivity contribution in [3.05, 3.63) is 83.1 Å². The number of carbonyl (C=O) groups excluding carboxylic acids is 4. The fraction of sp³-hybridized carbons (Fsp3) is 0.368. The van der Waals surface area contributed by atoms with Gasteiger partial charge >= 0.3 is 12.2 Å². The lowest BCUT2D eigenvalue weighted by Gasteiger charge is -2.30. The monoisotopic (exact) mass is 708 g/mol. The number of methoxy groups -OCH3 is 2. The first-order valence-electron chi connectivity index (χ1n) is 17.1. The largest absolute Gasteiger partial charge is 0.453 e. The van der Waals surface area contributed by atoms with Crippen LogP contribution in [0.15, 0.2) is 60.3 Å². The van der Waals surface area contributed by atoms with Crippen molar-refractivity contribution in [2.24, 2.45) is 5.92 Å². The van der Waals surface area contributed by atoms with Gasteiger partial charge in [0.1, 0.15) is 23.7 Å². The second-order valence-electron chi connectivity index (χ2n) is 12.9. The molecule has 4 aromatic rings. The van der Waals surface area contributed by atoms with Crippen LogP contribution in [0.2, 0.25) is 0 Å². The molecule has 14 heteroatoms. The fourth-order valence-corrected chi connectivity index (χ4v) is 5.80. The predicted octanol–water partition coefficient (Wildman–Crippen LogP) is 4.36. The molecule has 0 aliphatic carbocycles. The van der Waals surface area contributed by atoms with E-state index in [0.29, 0.717) is 18.9 Å². The van der Waals surface area contributed by atoms with Gasteiger partial charge in [-0.2, -0.15) is 0 Å². The van der Waals surface area contributed by atoms with Crippen molar-refractivity contribution >= 4 is 35.0 Å². The van der Waals surface area contributed by atoms with E-state index in [2.05, 4.69) is 52.5 Å². The molecule has 0 bridgehead atoms. The van der Waals surface area contributed by atoms with Gasteiger partial charge in [0.15, 0.2) is 0 Å². The Morgan fingerprint density at radius 2 is 1.69 bits per heavy atom. The lowest BCUT2D eigenvalue weighted by Crippen LogP contribution is -2.51. The van der Waals surface area contributed by atoms with Gasteiger partial charge in [0.25, 0.3) is 0 Å². The minimum atomic E-state index is -0.731. The summed E-state index contributed by atoms with van der Waals surface area (Å²) < 4.78 is 9.19. The Hall–Kier alpha value is -6.10.